The van der Waals surface area contributed by atoms with Gasteiger partial charge < -0.3 is 10.4 Å². The molecule has 2 N–H and O–H groups in total. The Morgan fingerprint density at radius 3 is 2.50 bits per heavy atom. The van der Waals surface area contributed by atoms with Gasteiger partial charge in [-0.3, -0.25) is 0 Å². The van der Waals surface area contributed by atoms with Crippen molar-refractivity contribution in [3.63, 3.8) is 0 Å². The van der Waals surface area contributed by atoms with Gasteiger partial charge in [0.1, 0.15) is 5.82 Å². The van der Waals surface area contributed by atoms with E-state index in [1.54, 1.807) is 0 Å². The summed E-state index contributed by atoms with van der Waals surface area (Å²) in [5, 5.41) is 12.1. The van der Waals surface area contributed by atoms with Gasteiger partial charge in [-0.1, -0.05) is 28.1 Å². The van der Waals surface area contributed by atoms with Crippen molar-refractivity contribution in [2.24, 2.45) is 0 Å². The molecule has 104 valence electrons. The lowest BCUT2D eigenvalue weighted by atomic mass is 10.1. The van der Waals surface area contributed by atoms with E-state index >= 15 is 0 Å². The average Bonchev–Trinajstić information content (AvgIpc) is 2.41. The van der Waals surface area contributed by atoms with Crippen LogP contribution in [0.25, 0.3) is 0 Å². The van der Waals surface area contributed by atoms with Crippen LogP contribution in [0.5, 0.6) is 0 Å². The molecule has 0 heterocycles. The van der Waals surface area contributed by atoms with E-state index in [1.807, 2.05) is 31.2 Å². The van der Waals surface area contributed by atoms with Gasteiger partial charge in [-0.25, -0.2) is 9.18 Å². The molecule has 0 spiro atoms. The van der Waals surface area contributed by atoms with E-state index in [0.717, 1.165) is 16.1 Å². The molecule has 0 saturated carbocycles. The molecule has 0 aliphatic heterocycles. The predicted octanol–water partition coefficient (Wildman–Crippen LogP) is 4.46. The number of benzene rings is 2. The standard InChI is InChI=1S/C15H13BrFNO2/c1-9(10-2-4-11(16)5-3-10)18-12-6-7-14(17)13(8-12)15(19)20/h2-9,18H,1H3,(H,19,20). The molecule has 1 unspecified atom stereocenters. The van der Waals surface area contributed by atoms with Crippen LogP contribution in [-0.4, -0.2) is 11.1 Å². The second-order valence-corrected chi connectivity index (χ2v) is 5.33. The van der Waals surface area contributed by atoms with Crippen LogP contribution in [0.1, 0.15) is 28.9 Å². The van der Waals surface area contributed by atoms with Crippen molar-refractivity contribution in [2.75, 3.05) is 5.32 Å². The molecule has 0 amide bonds. The van der Waals surface area contributed by atoms with Gasteiger partial charge in [0.25, 0.3) is 0 Å². The number of carbonyl (C=O) groups is 1. The quantitative estimate of drug-likeness (QED) is 0.865. The van der Waals surface area contributed by atoms with Crippen LogP contribution < -0.4 is 5.32 Å². The van der Waals surface area contributed by atoms with Crippen molar-refractivity contribution in [2.45, 2.75) is 13.0 Å². The predicted molar refractivity (Wildman–Crippen MR) is 79.5 cm³/mol. The van der Waals surface area contributed by atoms with Crippen LogP contribution in [0.2, 0.25) is 0 Å². The molecule has 0 radical (unpaired) electrons. The molecule has 2 aromatic rings. The average molecular weight is 338 g/mol. The smallest absolute Gasteiger partial charge is 0.338 e. The first kappa shape index (κ1) is 14.5. The molecule has 2 aromatic carbocycles. The first-order valence-electron chi connectivity index (χ1n) is 6.02. The second kappa shape index (κ2) is 6.05. The van der Waals surface area contributed by atoms with E-state index in [1.165, 1.54) is 12.1 Å². The van der Waals surface area contributed by atoms with Crippen molar-refractivity contribution in [1.29, 1.82) is 0 Å². The van der Waals surface area contributed by atoms with Gasteiger partial charge in [-0.2, -0.15) is 0 Å². The van der Waals surface area contributed by atoms with Crippen LogP contribution in [0.3, 0.4) is 0 Å². The summed E-state index contributed by atoms with van der Waals surface area (Å²) in [7, 11) is 0. The Morgan fingerprint density at radius 1 is 1.25 bits per heavy atom. The molecule has 1 atom stereocenters. The fourth-order valence-electron chi connectivity index (χ4n) is 1.86. The lowest BCUT2D eigenvalue weighted by Gasteiger charge is -2.16. The van der Waals surface area contributed by atoms with E-state index < -0.39 is 11.8 Å². The number of halogens is 2. The van der Waals surface area contributed by atoms with Gasteiger partial charge in [0.05, 0.1) is 5.56 Å². The Labute approximate surface area is 124 Å². The summed E-state index contributed by atoms with van der Waals surface area (Å²) in [5.41, 5.74) is 1.28. The van der Waals surface area contributed by atoms with Crippen LogP contribution in [0.15, 0.2) is 46.9 Å². The topological polar surface area (TPSA) is 49.3 Å². The highest BCUT2D eigenvalue weighted by Gasteiger charge is 2.12. The van der Waals surface area contributed by atoms with E-state index in [0.29, 0.717) is 5.69 Å². The van der Waals surface area contributed by atoms with Crippen molar-refractivity contribution < 1.29 is 14.3 Å². The minimum Gasteiger partial charge on any atom is -0.478 e. The maximum atomic E-state index is 13.3. The highest BCUT2D eigenvalue weighted by Crippen LogP contribution is 2.22. The minimum atomic E-state index is -1.28. The fourth-order valence-corrected chi connectivity index (χ4v) is 2.13. The number of hydrogen-bond donors (Lipinski definition) is 2. The fraction of sp³-hybridized carbons (Fsp3) is 0.133. The van der Waals surface area contributed by atoms with E-state index in [4.69, 9.17) is 5.11 Å². The SMILES string of the molecule is CC(Nc1ccc(F)c(C(=O)O)c1)c1ccc(Br)cc1. The molecule has 0 bridgehead atoms. The summed E-state index contributed by atoms with van der Waals surface area (Å²) in [6.45, 7) is 1.95. The first-order valence-corrected chi connectivity index (χ1v) is 6.81. The molecule has 3 nitrogen and oxygen atoms in total. The van der Waals surface area contributed by atoms with E-state index in [2.05, 4.69) is 21.2 Å². The molecule has 0 fully saturated rings. The molecule has 5 heteroatoms. The summed E-state index contributed by atoms with van der Waals surface area (Å²) >= 11 is 3.37. The van der Waals surface area contributed by atoms with Gasteiger partial charge in [0.2, 0.25) is 0 Å². The highest BCUT2D eigenvalue weighted by molar-refractivity contribution is 9.10. The molecule has 20 heavy (non-hydrogen) atoms. The molecule has 0 aliphatic carbocycles. The van der Waals surface area contributed by atoms with E-state index in [9.17, 15) is 9.18 Å². The number of anilines is 1. The Hall–Kier alpha value is -1.88. The number of hydrogen-bond acceptors (Lipinski definition) is 2. The van der Waals surface area contributed by atoms with Crippen LogP contribution in [0.4, 0.5) is 10.1 Å². The number of carboxylic acid groups (broad SMARTS) is 1. The first-order chi connectivity index (χ1) is 9.47. The van der Waals surface area contributed by atoms with Gasteiger partial charge in [0.15, 0.2) is 0 Å². The second-order valence-electron chi connectivity index (χ2n) is 4.42. The molecule has 0 aromatic heterocycles. The van der Waals surface area contributed by atoms with E-state index in [-0.39, 0.29) is 11.6 Å². The summed E-state index contributed by atoms with van der Waals surface area (Å²) in [6, 6.07) is 11.7. The highest BCUT2D eigenvalue weighted by atomic mass is 79.9. The third kappa shape index (κ3) is 3.36. The third-order valence-corrected chi connectivity index (χ3v) is 3.48. The molecule has 0 aliphatic rings. The van der Waals surface area contributed by atoms with Crippen LogP contribution in [-0.2, 0) is 0 Å². The minimum absolute atomic E-state index is 0.0183. The van der Waals surface area contributed by atoms with Gasteiger partial charge in [0, 0.05) is 16.2 Å². The van der Waals surface area contributed by atoms with Crippen molar-refractivity contribution >= 4 is 27.6 Å². The Bertz CT molecular complexity index is 628. The number of nitrogens with one attached hydrogen (secondary N) is 1. The molecule has 2 rings (SSSR count). The molecular formula is C15H13BrFNO2. The lowest BCUT2D eigenvalue weighted by molar-refractivity contribution is 0.0692. The summed E-state index contributed by atoms with van der Waals surface area (Å²) in [6.07, 6.45) is 0. The van der Waals surface area contributed by atoms with Gasteiger partial charge in [-0.05, 0) is 42.8 Å². The van der Waals surface area contributed by atoms with Crippen LogP contribution in [0, 0.1) is 5.82 Å². The maximum Gasteiger partial charge on any atom is 0.338 e. The van der Waals surface area contributed by atoms with Crippen molar-refractivity contribution in [3.8, 4) is 0 Å². The van der Waals surface area contributed by atoms with Gasteiger partial charge >= 0.3 is 5.97 Å². The van der Waals surface area contributed by atoms with Gasteiger partial charge in [-0.15, -0.1) is 0 Å². The zero-order chi connectivity index (χ0) is 14.7. The Morgan fingerprint density at radius 2 is 1.90 bits per heavy atom. The summed E-state index contributed by atoms with van der Waals surface area (Å²) in [4.78, 5) is 10.9. The monoisotopic (exact) mass is 337 g/mol. The largest absolute Gasteiger partial charge is 0.478 e. The zero-order valence-corrected chi connectivity index (χ0v) is 12.3. The maximum absolute atomic E-state index is 13.3. The van der Waals surface area contributed by atoms with Crippen LogP contribution >= 0.6 is 15.9 Å². The summed E-state index contributed by atoms with van der Waals surface area (Å²) < 4.78 is 14.3. The van der Waals surface area contributed by atoms with Crippen molar-refractivity contribution in [1.82, 2.24) is 0 Å². The number of rotatable bonds is 4. The number of aromatic carboxylic acids is 1. The Kier molecular flexibility index (Phi) is 4.39. The molecular weight excluding hydrogens is 325 g/mol. The normalized spacial score (nSPS) is 11.9. The third-order valence-electron chi connectivity index (χ3n) is 2.95. The Balaban J connectivity index is 2.19. The summed E-state index contributed by atoms with van der Waals surface area (Å²) in [5.74, 6) is -2.01. The lowest BCUT2D eigenvalue weighted by Crippen LogP contribution is -2.08. The number of carboxylic acids is 1. The van der Waals surface area contributed by atoms with Crippen molar-refractivity contribution in [3.05, 3.63) is 63.9 Å². The zero-order valence-electron chi connectivity index (χ0n) is 10.7. The molecule has 0 saturated heterocycles.